The molecule has 4 heteroatoms. The van der Waals surface area contributed by atoms with Crippen LogP contribution in [0.2, 0.25) is 0 Å². The quantitative estimate of drug-likeness (QED) is 0.240. The van der Waals surface area contributed by atoms with Crippen LogP contribution in [0.4, 0.5) is 5.69 Å². The first kappa shape index (κ1) is 27.3. The molecule has 0 radical (unpaired) electrons. The van der Waals surface area contributed by atoms with E-state index in [2.05, 4.69) is 115 Å². The standard InChI is InChI=1S/C37H41N3O/c1-37(2)28-40(27-29-12-6-3-7-13-29)36(41)34-26-32(18-19-35(34)37)39-24-22-38(23-25-39)21-20-33(30-14-8-4-9-15-30)31-16-10-5-11-17-31/h3-19,26,33H,20-25,27-28H2,1-2H3. The zero-order chi connectivity index (χ0) is 28.2. The first-order valence-corrected chi connectivity index (χ1v) is 15.0. The molecule has 0 bridgehead atoms. The highest BCUT2D eigenvalue weighted by Gasteiger charge is 2.37. The van der Waals surface area contributed by atoms with Gasteiger partial charge in [-0.25, -0.2) is 0 Å². The molecule has 4 nitrogen and oxygen atoms in total. The van der Waals surface area contributed by atoms with E-state index < -0.39 is 0 Å². The third kappa shape index (κ3) is 6.08. The average Bonchev–Trinajstić information content (AvgIpc) is 3.01. The van der Waals surface area contributed by atoms with Crippen LogP contribution in [-0.2, 0) is 12.0 Å². The highest BCUT2D eigenvalue weighted by Crippen LogP contribution is 2.36. The first-order chi connectivity index (χ1) is 20.0. The normalized spacial score (nSPS) is 17.1. The molecule has 1 amide bonds. The van der Waals surface area contributed by atoms with Gasteiger partial charge in [-0.05, 0) is 47.4 Å². The summed E-state index contributed by atoms with van der Waals surface area (Å²) in [5.41, 5.74) is 7.08. The lowest BCUT2D eigenvalue weighted by molar-refractivity contribution is 0.0673. The van der Waals surface area contributed by atoms with E-state index in [-0.39, 0.29) is 11.3 Å². The van der Waals surface area contributed by atoms with Crippen LogP contribution in [0.5, 0.6) is 0 Å². The number of fused-ring (bicyclic) bond motifs is 1. The van der Waals surface area contributed by atoms with Crippen molar-refractivity contribution in [3.05, 3.63) is 137 Å². The molecular weight excluding hydrogens is 502 g/mol. The van der Waals surface area contributed by atoms with Crippen molar-refractivity contribution in [2.24, 2.45) is 0 Å². The third-order valence-corrected chi connectivity index (χ3v) is 8.93. The third-order valence-electron chi connectivity index (χ3n) is 8.93. The lowest BCUT2D eigenvalue weighted by atomic mass is 9.77. The molecule has 0 aliphatic carbocycles. The van der Waals surface area contributed by atoms with Gasteiger partial charge >= 0.3 is 0 Å². The van der Waals surface area contributed by atoms with Gasteiger partial charge in [-0.1, -0.05) is 111 Å². The van der Waals surface area contributed by atoms with Crippen molar-refractivity contribution in [2.75, 3.05) is 44.2 Å². The summed E-state index contributed by atoms with van der Waals surface area (Å²) in [7, 11) is 0. The Hall–Kier alpha value is -3.89. The fraction of sp³-hybridized carbons (Fsp3) is 0.324. The summed E-state index contributed by atoms with van der Waals surface area (Å²) in [4.78, 5) is 20.8. The second-order valence-corrected chi connectivity index (χ2v) is 12.3. The van der Waals surface area contributed by atoms with Crippen LogP contribution >= 0.6 is 0 Å². The number of piperazine rings is 1. The van der Waals surface area contributed by atoms with Crippen LogP contribution in [-0.4, -0.2) is 55.0 Å². The van der Waals surface area contributed by atoms with E-state index in [4.69, 9.17) is 0 Å². The molecule has 1 fully saturated rings. The van der Waals surface area contributed by atoms with E-state index in [1.165, 1.54) is 27.9 Å². The number of carbonyl (C=O) groups excluding carboxylic acids is 1. The summed E-state index contributed by atoms with van der Waals surface area (Å²) in [5, 5.41) is 0. The molecule has 2 aliphatic rings. The number of amides is 1. The van der Waals surface area contributed by atoms with Crippen molar-refractivity contribution in [2.45, 2.75) is 38.1 Å². The molecule has 0 atom stereocenters. The fourth-order valence-electron chi connectivity index (χ4n) is 6.67. The van der Waals surface area contributed by atoms with Gasteiger partial charge in [-0.2, -0.15) is 0 Å². The smallest absolute Gasteiger partial charge is 0.254 e. The van der Waals surface area contributed by atoms with Gasteiger partial charge in [0.15, 0.2) is 0 Å². The van der Waals surface area contributed by atoms with Crippen molar-refractivity contribution in [1.29, 1.82) is 0 Å². The zero-order valence-corrected chi connectivity index (χ0v) is 24.4. The van der Waals surface area contributed by atoms with E-state index in [1.54, 1.807) is 0 Å². The number of rotatable bonds is 8. The minimum absolute atomic E-state index is 0.0801. The fourth-order valence-corrected chi connectivity index (χ4v) is 6.67. The summed E-state index contributed by atoms with van der Waals surface area (Å²) in [6.07, 6.45) is 1.10. The van der Waals surface area contributed by atoms with Crippen LogP contribution in [0.15, 0.2) is 109 Å². The number of carbonyl (C=O) groups is 1. The van der Waals surface area contributed by atoms with Crippen molar-refractivity contribution < 1.29 is 4.79 Å². The Kier molecular flexibility index (Phi) is 7.93. The van der Waals surface area contributed by atoms with E-state index in [9.17, 15) is 4.79 Å². The Morgan fingerprint density at radius 1 is 0.732 bits per heavy atom. The molecule has 0 N–H and O–H groups in total. The predicted octanol–water partition coefficient (Wildman–Crippen LogP) is 6.96. The van der Waals surface area contributed by atoms with Gasteiger partial charge in [0.1, 0.15) is 0 Å². The van der Waals surface area contributed by atoms with Crippen molar-refractivity contribution in [3.63, 3.8) is 0 Å². The van der Waals surface area contributed by atoms with Crippen LogP contribution in [0.1, 0.15) is 58.8 Å². The summed E-state index contributed by atoms with van der Waals surface area (Å²) in [6.45, 7) is 11.0. The predicted molar refractivity (Wildman–Crippen MR) is 169 cm³/mol. The van der Waals surface area contributed by atoms with Gasteiger partial charge in [0.05, 0.1) is 0 Å². The van der Waals surface area contributed by atoms with Gasteiger partial charge in [0.2, 0.25) is 0 Å². The summed E-state index contributed by atoms with van der Waals surface area (Å²) in [6, 6.07) is 38.8. The monoisotopic (exact) mass is 543 g/mol. The molecule has 4 aromatic rings. The highest BCUT2D eigenvalue weighted by atomic mass is 16.2. The van der Waals surface area contributed by atoms with E-state index in [1.807, 2.05) is 23.1 Å². The Bertz CT molecular complexity index is 1400. The maximum Gasteiger partial charge on any atom is 0.254 e. The van der Waals surface area contributed by atoms with Gasteiger partial charge in [0.25, 0.3) is 5.91 Å². The average molecular weight is 544 g/mol. The molecule has 2 aliphatic heterocycles. The Morgan fingerprint density at radius 2 is 1.32 bits per heavy atom. The maximum atomic E-state index is 13.7. The maximum absolute atomic E-state index is 13.7. The van der Waals surface area contributed by atoms with Gasteiger partial charge in [-0.15, -0.1) is 0 Å². The Balaban J connectivity index is 1.11. The number of hydrogen-bond donors (Lipinski definition) is 0. The number of anilines is 1. The topological polar surface area (TPSA) is 26.8 Å². The zero-order valence-electron chi connectivity index (χ0n) is 24.4. The summed E-state index contributed by atoms with van der Waals surface area (Å²) in [5.74, 6) is 0.556. The molecule has 4 aromatic carbocycles. The lowest BCUT2D eigenvalue weighted by Crippen LogP contribution is -2.48. The largest absolute Gasteiger partial charge is 0.369 e. The van der Waals surface area contributed by atoms with Crippen LogP contribution in [0.3, 0.4) is 0 Å². The molecule has 2 heterocycles. The second kappa shape index (κ2) is 11.9. The summed E-state index contributed by atoms with van der Waals surface area (Å²) >= 11 is 0. The van der Waals surface area contributed by atoms with Crippen LogP contribution in [0, 0.1) is 0 Å². The Morgan fingerprint density at radius 3 is 1.93 bits per heavy atom. The number of nitrogens with zero attached hydrogens (tertiary/aromatic N) is 3. The molecule has 1 saturated heterocycles. The number of hydrogen-bond acceptors (Lipinski definition) is 3. The van der Waals surface area contributed by atoms with Crippen LogP contribution < -0.4 is 4.90 Å². The molecule has 0 spiro atoms. The molecule has 41 heavy (non-hydrogen) atoms. The SMILES string of the molecule is CC1(C)CN(Cc2ccccc2)C(=O)c2cc(N3CCN(CCC(c4ccccc4)c4ccccc4)CC3)ccc21. The van der Waals surface area contributed by atoms with Crippen molar-refractivity contribution >= 4 is 11.6 Å². The minimum Gasteiger partial charge on any atom is -0.369 e. The van der Waals surface area contributed by atoms with Gasteiger partial charge in [0, 0.05) is 61.9 Å². The Labute approximate surface area is 245 Å². The van der Waals surface area contributed by atoms with Gasteiger partial charge < -0.3 is 9.80 Å². The van der Waals surface area contributed by atoms with E-state index >= 15 is 0 Å². The number of benzene rings is 4. The molecule has 0 saturated carbocycles. The minimum atomic E-state index is -0.0801. The molecule has 0 aromatic heterocycles. The van der Waals surface area contributed by atoms with E-state index in [0.29, 0.717) is 12.5 Å². The molecule has 6 rings (SSSR count). The highest BCUT2D eigenvalue weighted by molar-refractivity contribution is 5.98. The van der Waals surface area contributed by atoms with E-state index in [0.717, 1.165) is 51.3 Å². The first-order valence-electron chi connectivity index (χ1n) is 15.0. The van der Waals surface area contributed by atoms with Crippen LogP contribution in [0.25, 0.3) is 0 Å². The molecule has 0 unspecified atom stereocenters. The molecular formula is C37H41N3O. The van der Waals surface area contributed by atoms with Crippen molar-refractivity contribution in [3.8, 4) is 0 Å². The van der Waals surface area contributed by atoms with Crippen molar-refractivity contribution in [1.82, 2.24) is 9.80 Å². The molecule has 210 valence electrons. The summed E-state index contributed by atoms with van der Waals surface area (Å²) < 4.78 is 0. The second-order valence-electron chi connectivity index (χ2n) is 12.3. The van der Waals surface area contributed by atoms with Gasteiger partial charge in [-0.3, -0.25) is 9.69 Å². The lowest BCUT2D eigenvalue weighted by Gasteiger charge is -2.41.